The molecule has 0 saturated carbocycles. The molecule has 1 aliphatic rings. The monoisotopic (exact) mass is 430 g/mol. The number of hydrogen-bond donors (Lipinski definition) is 1. The fourth-order valence-electron chi connectivity index (χ4n) is 2.99. The number of nitrogens with zero attached hydrogens (tertiary/aromatic N) is 1. The zero-order chi connectivity index (χ0) is 21.0. The third-order valence-electron chi connectivity index (χ3n) is 4.35. The number of methoxy groups -OCH3 is 1. The van der Waals surface area contributed by atoms with Crippen molar-refractivity contribution < 1.29 is 14.3 Å². The summed E-state index contributed by atoms with van der Waals surface area (Å²) in [7, 11) is 1.61. The summed E-state index contributed by atoms with van der Waals surface area (Å²) in [5.41, 5.74) is 2.14. The molecule has 0 bridgehead atoms. The molecular weight excluding hydrogens is 408 g/mol. The Morgan fingerprint density at radius 3 is 2.66 bits per heavy atom. The number of para-hydroxylation sites is 1. The molecule has 7 heteroatoms. The molecule has 2 aromatic rings. The van der Waals surface area contributed by atoms with Gasteiger partial charge in [-0.2, -0.15) is 0 Å². The Morgan fingerprint density at radius 2 is 1.97 bits per heavy atom. The summed E-state index contributed by atoms with van der Waals surface area (Å²) in [5, 5.41) is 3.99. The van der Waals surface area contributed by atoms with Gasteiger partial charge in [0.25, 0.3) is 5.91 Å². The molecule has 0 spiro atoms. The van der Waals surface area contributed by atoms with Crippen LogP contribution in [0.25, 0.3) is 6.08 Å². The largest absolute Gasteiger partial charge is 0.496 e. The molecule has 5 nitrogen and oxygen atoms in total. The maximum Gasteiger partial charge on any atom is 0.276 e. The summed E-state index contributed by atoms with van der Waals surface area (Å²) >= 11 is 11.5. The smallest absolute Gasteiger partial charge is 0.276 e. The van der Waals surface area contributed by atoms with Gasteiger partial charge in [-0.25, -0.2) is 0 Å². The zero-order valence-corrected chi connectivity index (χ0v) is 18.1. The summed E-state index contributed by atoms with van der Waals surface area (Å²) in [6.07, 6.45) is 1.79. The minimum absolute atomic E-state index is 0.117. The Labute approximate surface area is 181 Å². The molecule has 0 atom stereocenters. The van der Waals surface area contributed by atoms with Crippen molar-refractivity contribution in [2.24, 2.45) is 5.92 Å². The molecule has 29 heavy (non-hydrogen) atoms. The van der Waals surface area contributed by atoms with E-state index in [1.807, 2.05) is 50.2 Å². The van der Waals surface area contributed by atoms with Gasteiger partial charge < -0.3 is 14.8 Å². The number of carbonyl (C=O) groups is 1. The lowest BCUT2D eigenvalue weighted by atomic mass is 10.1. The van der Waals surface area contributed by atoms with Crippen molar-refractivity contribution >= 4 is 40.9 Å². The van der Waals surface area contributed by atoms with Crippen LogP contribution in [0, 0.1) is 5.92 Å². The van der Waals surface area contributed by atoms with E-state index < -0.39 is 0 Å². The molecule has 0 unspecified atom stereocenters. The van der Waals surface area contributed by atoms with E-state index in [9.17, 15) is 4.79 Å². The predicted octanol–water partition coefficient (Wildman–Crippen LogP) is 4.64. The molecule has 1 amide bonds. The Hall–Kier alpha value is -2.57. The van der Waals surface area contributed by atoms with Crippen LogP contribution in [-0.4, -0.2) is 29.6 Å². The zero-order valence-electron chi connectivity index (χ0n) is 16.6. The van der Waals surface area contributed by atoms with Crippen molar-refractivity contribution in [3.8, 4) is 11.5 Å². The van der Waals surface area contributed by atoms with Gasteiger partial charge in [-0.05, 0) is 54.0 Å². The standard InChI is InChI=1S/C22H23ClN2O3S/c1-14(2)12-25-21(26)18(24-22(25)29)11-15-8-9-19(27-3)16(10-15)13-28-20-7-5-4-6-17(20)23/h4-11,14H,12-13H2,1-3H3,(H,24,29)/b18-11+. The van der Waals surface area contributed by atoms with Crippen LogP contribution in [0.4, 0.5) is 0 Å². The van der Waals surface area contributed by atoms with Crippen LogP contribution < -0.4 is 14.8 Å². The number of thiocarbonyl (C=S) groups is 1. The average Bonchev–Trinajstić information content (AvgIpc) is 2.94. The van der Waals surface area contributed by atoms with E-state index in [2.05, 4.69) is 5.32 Å². The van der Waals surface area contributed by atoms with E-state index >= 15 is 0 Å². The van der Waals surface area contributed by atoms with Crippen LogP contribution in [-0.2, 0) is 11.4 Å². The summed E-state index contributed by atoms with van der Waals surface area (Å²) in [4.78, 5) is 14.2. The second kappa shape index (κ2) is 9.29. The van der Waals surface area contributed by atoms with Gasteiger partial charge in [0.1, 0.15) is 23.8 Å². The minimum atomic E-state index is -0.117. The first-order valence-electron chi connectivity index (χ1n) is 9.28. The van der Waals surface area contributed by atoms with Crippen LogP contribution in [0.2, 0.25) is 5.02 Å². The quantitative estimate of drug-likeness (QED) is 0.512. The lowest BCUT2D eigenvalue weighted by Crippen LogP contribution is -2.33. The van der Waals surface area contributed by atoms with Crippen molar-refractivity contribution in [2.75, 3.05) is 13.7 Å². The van der Waals surface area contributed by atoms with Crippen LogP contribution >= 0.6 is 23.8 Å². The number of hydrogen-bond acceptors (Lipinski definition) is 4. The van der Waals surface area contributed by atoms with E-state index in [0.717, 1.165) is 11.1 Å². The van der Waals surface area contributed by atoms with Gasteiger partial charge >= 0.3 is 0 Å². The van der Waals surface area contributed by atoms with Gasteiger partial charge in [0.2, 0.25) is 0 Å². The van der Waals surface area contributed by atoms with Crippen molar-refractivity contribution in [2.45, 2.75) is 20.5 Å². The third-order valence-corrected chi connectivity index (χ3v) is 4.98. The molecule has 2 aromatic carbocycles. The van der Waals surface area contributed by atoms with Crippen molar-refractivity contribution in [3.63, 3.8) is 0 Å². The number of carbonyl (C=O) groups excluding carboxylic acids is 1. The van der Waals surface area contributed by atoms with Crippen molar-refractivity contribution in [1.29, 1.82) is 0 Å². The van der Waals surface area contributed by atoms with E-state index in [1.54, 1.807) is 24.2 Å². The highest BCUT2D eigenvalue weighted by Gasteiger charge is 2.30. The molecule has 152 valence electrons. The van der Waals surface area contributed by atoms with E-state index in [4.69, 9.17) is 33.3 Å². The second-order valence-electron chi connectivity index (χ2n) is 7.09. The maximum absolute atomic E-state index is 12.7. The molecule has 0 aliphatic carbocycles. The fraction of sp³-hybridized carbons (Fsp3) is 0.273. The lowest BCUT2D eigenvalue weighted by Gasteiger charge is -2.16. The number of rotatable bonds is 7. The summed E-state index contributed by atoms with van der Waals surface area (Å²) < 4.78 is 11.3. The topological polar surface area (TPSA) is 50.8 Å². The highest BCUT2D eigenvalue weighted by molar-refractivity contribution is 7.80. The average molecular weight is 431 g/mol. The highest BCUT2D eigenvalue weighted by atomic mass is 35.5. The van der Waals surface area contributed by atoms with E-state index in [1.165, 1.54) is 0 Å². The first-order chi connectivity index (χ1) is 13.9. The molecule has 1 N–H and O–H groups in total. The third kappa shape index (κ3) is 5.08. The number of nitrogens with one attached hydrogen (secondary N) is 1. The summed E-state index contributed by atoms with van der Waals surface area (Å²) in [6.45, 7) is 4.96. The SMILES string of the molecule is COc1ccc(/C=C2/NC(=S)N(CC(C)C)C2=O)cc1COc1ccccc1Cl. The Bertz CT molecular complexity index is 959. The number of amides is 1. The van der Waals surface area contributed by atoms with Gasteiger partial charge in [-0.1, -0.05) is 43.6 Å². The molecule has 0 radical (unpaired) electrons. The molecular formula is C22H23ClN2O3S. The second-order valence-corrected chi connectivity index (χ2v) is 7.88. The summed E-state index contributed by atoms with van der Waals surface area (Å²) in [6, 6.07) is 13.0. The van der Waals surface area contributed by atoms with Crippen molar-refractivity contribution in [1.82, 2.24) is 10.2 Å². The first kappa shape index (κ1) is 21.1. The van der Waals surface area contributed by atoms with Crippen LogP contribution in [0.3, 0.4) is 0 Å². The van der Waals surface area contributed by atoms with Crippen LogP contribution in [0.5, 0.6) is 11.5 Å². The fourth-order valence-corrected chi connectivity index (χ4v) is 3.45. The molecule has 0 aromatic heterocycles. The van der Waals surface area contributed by atoms with Crippen LogP contribution in [0.1, 0.15) is 25.0 Å². The van der Waals surface area contributed by atoms with Gasteiger partial charge in [0, 0.05) is 12.1 Å². The number of benzene rings is 2. The molecule has 1 saturated heterocycles. The van der Waals surface area contributed by atoms with E-state index in [0.29, 0.717) is 39.8 Å². The molecule has 1 aliphatic heterocycles. The Kier molecular flexibility index (Phi) is 6.77. The maximum atomic E-state index is 12.7. The van der Waals surface area contributed by atoms with Crippen LogP contribution in [0.15, 0.2) is 48.2 Å². The molecule has 1 fully saturated rings. The highest BCUT2D eigenvalue weighted by Crippen LogP contribution is 2.27. The Balaban J connectivity index is 1.81. The van der Waals surface area contributed by atoms with Gasteiger partial charge in [0.15, 0.2) is 5.11 Å². The predicted molar refractivity (Wildman–Crippen MR) is 119 cm³/mol. The summed E-state index contributed by atoms with van der Waals surface area (Å²) in [5.74, 6) is 1.50. The Morgan fingerprint density at radius 1 is 1.21 bits per heavy atom. The van der Waals surface area contributed by atoms with Gasteiger partial charge in [0.05, 0.1) is 12.1 Å². The normalized spacial score (nSPS) is 15.2. The number of ether oxygens (including phenoxy) is 2. The van der Waals surface area contributed by atoms with Gasteiger partial charge in [-0.15, -0.1) is 0 Å². The first-order valence-corrected chi connectivity index (χ1v) is 10.1. The lowest BCUT2D eigenvalue weighted by molar-refractivity contribution is -0.122. The molecule has 1 heterocycles. The minimum Gasteiger partial charge on any atom is -0.496 e. The molecule has 3 rings (SSSR count). The van der Waals surface area contributed by atoms with Crippen molar-refractivity contribution in [3.05, 3.63) is 64.3 Å². The van der Waals surface area contributed by atoms with E-state index in [-0.39, 0.29) is 12.5 Å². The number of halogens is 1. The van der Waals surface area contributed by atoms with Gasteiger partial charge in [-0.3, -0.25) is 9.69 Å².